The van der Waals surface area contributed by atoms with Gasteiger partial charge >= 0.3 is 12.1 Å². The summed E-state index contributed by atoms with van der Waals surface area (Å²) < 4.78 is 39.0. The third-order valence-corrected chi connectivity index (χ3v) is 5.53. The minimum Gasteiger partial charge on any atom is -0.420 e. The van der Waals surface area contributed by atoms with Gasteiger partial charge in [-0.3, -0.25) is 0 Å². The molecular weight excluding hydrogens is 433 g/mol. The lowest BCUT2D eigenvalue weighted by atomic mass is 10.0. The summed E-state index contributed by atoms with van der Waals surface area (Å²) in [6.45, 7) is 8.92. The Balaban J connectivity index is 0.000000244. The molecule has 3 rings (SSSR count). The molecule has 0 amide bonds. The number of halogens is 3. The second-order valence-electron chi connectivity index (χ2n) is 7.75. The standard InChI is InChI=1S/C18H22S.C8H5F3O2/c1-13(2)15-5-9-17(10-6-15)19-18-11-7-16(8-12-18)14(3)4;9-8(10,11)7(12)13-6-4-2-1-3-5-6/h5-14H,1-4H3;1-5H. The van der Waals surface area contributed by atoms with Crippen LogP contribution in [-0.2, 0) is 4.79 Å². The third-order valence-electron chi connectivity index (χ3n) is 4.51. The van der Waals surface area contributed by atoms with Gasteiger partial charge in [0.2, 0.25) is 0 Å². The number of carbonyl (C=O) groups excluding carboxylic acids is 1. The highest BCUT2D eigenvalue weighted by molar-refractivity contribution is 7.99. The van der Waals surface area contributed by atoms with Crippen molar-refractivity contribution in [2.75, 3.05) is 0 Å². The zero-order valence-corrected chi connectivity index (χ0v) is 19.3. The average Bonchev–Trinajstić information content (AvgIpc) is 2.75. The number of rotatable bonds is 5. The predicted molar refractivity (Wildman–Crippen MR) is 123 cm³/mol. The quantitative estimate of drug-likeness (QED) is 0.283. The molecular formula is C26H27F3O2S. The molecule has 0 spiro atoms. The first-order chi connectivity index (χ1) is 15.1. The Hall–Kier alpha value is -2.73. The van der Waals surface area contributed by atoms with Crippen LogP contribution in [0.5, 0.6) is 5.75 Å². The Kier molecular flexibility index (Phi) is 9.39. The highest BCUT2D eigenvalue weighted by atomic mass is 32.2. The zero-order chi connectivity index (χ0) is 23.7. The molecule has 0 aliphatic carbocycles. The topological polar surface area (TPSA) is 26.3 Å². The highest BCUT2D eigenvalue weighted by Gasteiger charge is 2.41. The van der Waals surface area contributed by atoms with Crippen molar-refractivity contribution in [2.45, 2.75) is 55.5 Å². The molecule has 0 aliphatic rings. The van der Waals surface area contributed by atoms with E-state index in [0.717, 1.165) is 0 Å². The second kappa shape index (κ2) is 11.8. The van der Waals surface area contributed by atoms with E-state index in [1.807, 2.05) is 11.8 Å². The smallest absolute Gasteiger partial charge is 0.420 e. The van der Waals surface area contributed by atoms with Crippen molar-refractivity contribution < 1.29 is 22.7 Å². The maximum absolute atomic E-state index is 11.7. The van der Waals surface area contributed by atoms with E-state index in [0.29, 0.717) is 11.8 Å². The maximum Gasteiger partial charge on any atom is 0.491 e. The fourth-order valence-corrected chi connectivity index (χ4v) is 3.45. The van der Waals surface area contributed by atoms with E-state index in [1.54, 1.807) is 6.07 Å². The van der Waals surface area contributed by atoms with Crippen LogP contribution in [-0.4, -0.2) is 12.1 Å². The number of benzene rings is 3. The Bertz CT molecular complexity index is 915. The van der Waals surface area contributed by atoms with Crippen LogP contribution < -0.4 is 4.74 Å². The van der Waals surface area contributed by atoms with Crippen molar-refractivity contribution in [1.82, 2.24) is 0 Å². The van der Waals surface area contributed by atoms with Gasteiger partial charge in [0.1, 0.15) is 5.75 Å². The van der Waals surface area contributed by atoms with Gasteiger partial charge in [0, 0.05) is 9.79 Å². The molecule has 0 aliphatic heterocycles. The summed E-state index contributed by atoms with van der Waals surface area (Å²) in [6, 6.07) is 24.9. The summed E-state index contributed by atoms with van der Waals surface area (Å²) in [5.41, 5.74) is 2.80. The molecule has 0 N–H and O–H groups in total. The molecule has 32 heavy (non-hydrogen) atoms. The minimum absolute atomic E-state index is 0.121. The molecule has 6 heteroatoms. The largest absolute Gasteiger partial charge is 0.491 e. The SMILES string of the molecule is CC(C)c1ccc(Sc2ccc(C(C)C)cc2)cc1.O=C(Oc1ccccc1)C(F)(F)F. The lowest BCUT2D eigenvalue weighted by molar-refractivity contribution is -0.189. The normalized spacial score (nSPS) is 11.2. The summed E-state index contributed by atoms with van der Waals surface area (Å²) >= 11 is 1.83. The Morgan fingerprint density at radius 3 is 1.47 bits per heavy atom. The van der Waals surface area contributed by atoms with Gasteiger partial charge in [0.25, 0.3) is 0 Å². The minimum atomic E-state index is -4.95. The number of esters is 1. The molecule has 0 heterocycles. The van der Waals surface area contributed by atoms with E-state index >= 15 is 0 Å². The van der Waals surface area contributed by atoms with Gasteiger partial charge in [-0.15, -0.1) is 0 Å². The first-order valence-electron chi connectivity index (χ1n) is 10.3. The Morgan fingerprint density at radius 2 is 1.12 bits per heavy atom. The van der Waals surface area contributed by atoms with Gasteiger partial charge in [0.15, 0.2) is 0 Å². The van der Waals surface area contributed by atoms with Gasteiger partial charge in [-0.25, -0.2) is 4.79 Å². The Morgan fingerprint density at radius 1 is 0.719 bits per heavy atom. The van der Waals surface area contributed by atoms with Crippen LogP contribution in [0.1, 0.15) is 50.7 Å². The van der Waals surface area contributed by atoms with Gasteiger partial charge in [-0.2, -0.15) is 13.2 Å². The van der Waals surface area contributed by atoms with Gasteiger partial charge in [-0.1, -0.05) is 81.9 Å². The first kappa shape index (κ1) is 25.5. The predicted octanol–water partition coefficient (Wildman–Crippen LogP) is 8.24. The fourth-order valence-electron chi connectivity index (χ4n) is 2.63. The molecule has 0 aromatic heterocycles. The van der Waals surface area contributed by atoms with E-state index in [2.05, 4.69) is 81.0 Å². The van der Waals surface area contributed by atoms with Gasteiger partial charge < -0.3 is 4.74 Å². The molecule has 0 saturated heterocycles. The average molecular weight is 461 g/mol. The molecule has 0 saturated carbocycles. The van der Waals surface area contributed by atoms with Gasteiger partial charge in [-0.05, 0) is 59.4 Å². The number of para-hydroxylation sites is 1. The van der Waals surface area contributed by atoms with Crippen LogP contribution in [0.25, 0.3) is 0 Å². The third kappa shape index (κ3) is 8.42. The van der Waals surface area contributed by atoms with E-state index in [1.165, 1.54) is 45.2 Å². The van der Waals surface area contributed by atoms with E-state index in [-0.39, 0.29) is 5.75 Å². The molecule has 0 fully saturated rings. The van der Waals surface area contributed by atoms with Crippen molar-refractivity contribution in [3.05, 3.63) is 90.0 Å². The summed E-state index contributed by atoms with van der Waals surface area (Å²) in [6.07, 6.45) is -4.95. The highest BCUT2D eigenvalue weighted by Crippen LogP contribution is 2.30. The van der Waals surface area contributed by atoms with Crippen LogP contribution in [0, 0.1) is 0 Å². The first-order valence-corrected chi connectivity index (χ1v) is 11.1. The summed E-state index contributed by atoms with van der Waals surface area (Å²) in [5.74, 6) is -1.13. The van der Waals surface area contributed by atoms with Crippen LogP contribution in [0.15, 0.2) is 88.7 Å². The van der Waals surface area contributed by atoms with Crippen LogP contribution in [0.3, 0.4) is 0 Å². The molecule has 0 bridgehead atoms. The summed E-state index contributed by atoms with van der Waals surface area (Å²) in [4.78, 5) is 12.9. The van der Waals surface area contributed by atoms with E-state index in [4.69, 9.17) is 0 Å². The lowest BCUT2D eigenvalue weighted by Crippen LogP contribution is -2.27. The van der Waals surface area contributed by atoms with Crippen LogP contribution >= 0.6 is 11.8 Å². The molecule has 2 nitrogen and oxygen atoms in total. The van der Waals surface area contributed by atoms with E-state index in [9.17, 15) is 18.0 Å². The maximum atomic E-state index is 11.7. The molecule has 3 aromatic carbocycles. The monoisotopic (exact) mass is 460 g/mol. The zero-order valence-electron chi connectivity index (χ0n) is 18.5. The molecule has 0 atom stereocenters. The number of hydrogen-bond donors (Lipinski definition) is 0. The van der Waals surface area contributed by atoms with Crippen molar-refractivity contribution in [1.29, 1.82) is 0 Å². The van der Waals surface area contributed by atoms with Crippen LogP contribution in [0.4, 0.5) is 13.2 Å². The van der Waals surface area contributed by atoms with Crippen molar-refractivity contribution in [3.63, 3.8) is 0 Å². The van der Waals surface area contributed by atoms with Crippen molar-refractivity contribution in [2.24, 2.45) is 0 Å². The molecule has 170 valence electrons. The van der Waals surface area contributed by atoms with Crippen LogP contribution in [0.2, 0.25) is 0 Å². The molecule has 0 radical (unpaired) electrons. The molecule has 3 aromatic rings. The summed E-state index contributed by atoms with van der Waals surface area (Å²) in [5, 5.41) is 0. The fraction of sp³-hybridized carbons (Fsp3) is 0.269. The van der Waals surface area contributed by atoms with Crippen molar-refractivity contribution >= 4 is 17.7 Å². The number of alkyl halides is 3. The summed E-state index contributed by atoms with van der Waals surface area (Å²) in [7, 11) is 0. The van der Waals surface area contributed by atoms with Crippen molar-refractivity contribution in [3.8, 4) is 5.75 Å². The lowest BCUT2D eigenvalue weighted by Gasteiger charge is -2.08. The second-order valence-corrected chi connectivity index (χ2v) is 8.90. The number of hydrogen-bond acceptors (Lipinski definition) is 3. The molecule has 0 unspecified atom stereocenters. The Labute approximate surface area is 191 Å². The van der Waals surface area contributed by atoms with Gasteiger partial charge in [0.05, 0.1) is 0 Å². The number of ether oxygens (including phenoxy) is 1. The number of carbonyl (C=O) groups is 1. The van der Waals surface area contributed by atoms with E-state index < -0.39 is 12.1 Å².